The van der Waals surface area contributed by atoms with Gasteiger partial charge in [0.15, 0.2) is 0 Å². The summed E-state index contributed by atoms with van der Waals surface area (Å²) in [5, 5.41) is 11.9. The van der Waals surface area contributed by atoms with E-state index in [0.717, 1.165) is 0 Å². The van der Waals surface area contributed by atoms with Crippen LogP contribution in [0.4, 0.5) is 19.0 Å². The van der Waals surface area contributed by atoms with Gasteiger partial charge >= 0.3 is 12.1 Å². The Labute approximate surface area is 115 Å². The van der Waals surface area contributed by atoms with E-state index in [9.17, 15) is 18.0 Å². The topological polar surface area (TPSA) is 62.2 Å². The van der Waals surface area contributed by atoms with Crippen molar-refractivity contribution < 1.29 is 23.1 Å². The molecule has 1 heterocycles. The standard InChI is InChI=1S/C13H17F3N2O2/c1-8-7-9(2)18-11(10(8)12(19)20)17-6-4-3-5-13(14,15)16/h7H,3-6H2,1-2H3,(H,17,18)(H,19,20). The molecule has 0 aliphatic heterocycles. The third-order valence-corrected chi connectivity index (χ3v) is 2.74. The molecular weight excluding hydrogens is 273 g/mol. The van der Waals surface area contributed by atoms with E-state index in [-0.39, 0.29) is 24.3 Å². The van der Waals surface area contributed by atoms with Crippen molar-refractivity contribution in [2.24, 2.45) is 0 Å². The average Bonchev–Trinajstić information content (AvgIpc) is 2.25. The van der Waals surface area contributed by atoms with Gasteiger partial charge in [-0.2, -0.15) is 13.2 Å². The molecule has 112 valence electrons. The van der Waals surface area contributed by atoms with Crippen molar-refractivity contribution in [2.75, 3.05) is 11.9 Å². The molecule has 1 aromatic rings. The second kappa shape index (κ2) is 6.58. The number of hydrogen-bond donors (Lipinski definition) is 2. The predicted octanol–water partition coefficient (Wildman–Crippen LogP) is 3.54. The van der Waals surface area contributed by atoms with Crippen molar-refractivity contribution in [3.8, 4) is 0 Å². The molecular formula is C13H17F3N2O2. The Hall–Kier alpha value is -1.79. The zero-order valence-corrected chi connectivity index (χ0v) is 11.3. The Balaban J connectivity index is 2.62. The lowest BCUT2D eigenvalue weighted by molar-refractivity contribution is -0.135. The number of nitrogens with zero attached hydrogens (tertiary/aromatic N) is 1. The van der Waals surface area contributed by atoms with Gasteiger partial charge in [-0.25, -0.2) is 9.78 Å². The summed E-state index contributed by atoms with van der Waals surface area (Å²) >= 11 is 0. The highest BCUT2D eigenvalue weighted by atomic mass is 19.4. The number of aromatic nitrogens is 1. The number of anilines is 1. The van der Waals surface area contributed by atoms with Crippen molar-refractivity contribution in [1.82, 2.24) is 4.98 Å². The minimum Gasteiger partial charge on any atom is -0.478 e. The molecule has 0 aromatic carbocycles. The van der Waals surface area contributed by atoms with Crippen LogP contribution >= 0.6 is 0 Å². The summed E-state index contributed by atoms with van der Waals surface area (Å²) in [6, 6.07) is 1.65. The molecule has 0 aliphatic rings. The van der Waals surface area contributed by atoms with E-state index in [0.29, 0.717) is 17.7 Å². The highest BCUT2D eigenvalue weighted by Gasteiger charge is 2.25. The lowest BCUT2D eigenvalue weighted by Gasteiger charge is -2.12. The van der Waals surface area contributed by atoms with Crippen LogP contribution in [0.2, 0.25) is 0 Å². The fourth-order valence-electron chi connectivity index (χ4n) is 1.89. The van der Waals surface area contributed by atoms with E-state index in [4.69, 9.17) is 5.11 Å². The predicted molar refractivity (Wildman–Crippen MR) is 69.1 cm³/mol. The SMILES string of the molecule is Cc1cc(C)c(C(=O)O)c(NCCCCC(F)(F)F)n1. The van der Waals surface area contributed by atoms with Gasteiger partial charge in [0, 0.05) is 18.7 Å². The summed E-state index contributed by atoms with van der Waals surface area (Å²) in [6.45, 7) is 3.65. The summed E-state index contributed by atoms with van der Waals surface area (Å²) < 4.78 is 35.9. The molecule has 1 rings (SSSR count). The fraction of sp³-hybridized carbons (Fsp3) is 0.538. The Morgan fingerprint density at radius 1 is 1.35 bits per heavy atom. The van der Waals surface area contributed by atoms with Gasteiger partial charge in [0.1, 0.15) is 11.4 Å². The number of carboxylic acid groups (broad SMARTS) is 1. The van der Waals surface area contributed by atoms with Crippen LogP contribution in [-0.4, -0.2) is 28.8 Å². The minimum atomic E-state index is -4.15. The summed E-state index contributed by atoms with van der Waals surface area (Å²) in [6.07, 6.45) is -4.68. The van der Waals surface area contributed by atoms with Gasteiger partial charge in [-0.3, -0.25) is 0 Å². The van der Waals surface area contributed by atoms with Gasteiger partial charge < -0.3 is 10.4 Å². The number of aromatic carboxylic acids is 1. The van der Waals surface area contributed by atoms with Crippen molar-refractivity contribution in [2.45, 2.75) is 39.3 Å². The second-order valence-electron chi connectivity index (χ2n) is 4.61. The maximum atomic E-state index is 12.0. The van der Waals surface area contributed by atoms with Gasteiger partial charge in [-0.15, -0.1) is 0 Å². The van der Waals surface area contributed by atoms with Crippen molar-refractivity contribution in [1.29, 1.82) is 0 Å². The molecule has 7 heteroatoms. The maximum absolute atomic E-state index is 12.0. The molecule has 4 nitrogen and oxygen atoms in total. The Bertz CT molecular complexity index is 487. The highest BCUT2D eigenvalue weighted by molar-refractivity contribution is 5.94. The smallest absolute Gasteiger partial charge is 0.389 e. The molecule has 0 amide bonds. The van der Waals surface area contributed by atoms with E-state index in [2.05, 4.69) is 10.3 Å². The van der Waals surface area contributed by atoms with Gasteiger partial charge in [0.25, 0.3) is 0 Å². The molecule has 0 spiro atoms. The average molecular weight is 290 g/mol. The lowest BCUT2D eigenvalue weighted by atomic mass is 10.1. The molecule has 0 radical (unpaired) electrons. The Morgan fingerprint density at radius 3 is 2.55 bits per heavy atom. The summed E-state index contributed by atoms with van der Waals surface area (Å²) in [7, 11) is 0. The second-order valence-corrected chi connectivity index (χ2v) is 4.61. The van der Waals surface area contributed by atoms with Crippen molar-refractivity contribution in [3.05, 3.63) is 22.9 Å². The van der Waals surface area contributed by atoms with Crippen LogP contribution in [-0.2, 0) is 0 Å². The van der Waals surface area contributed by atoms with E-state index >= 15 is 0 Å². The first-order chi connectivity index (χ1) is 9.20. The normalized spacial score (nSPS) is 11.4. The lowest BCUT2D eigenvalue weighted by Crippen LogP contribution is -2.13. The van der Waals surface area contributed by atoms with Crippen LogP contribution in [0.3, 0.4) is 0 Å². The number of nitrogens with one attached hydrogen (secondary N) is 1. The molecule has 0 bridgehead atoms. The largest absolute Gasteiger partial charge is 0.478 e. The molecule has 1 aromatic heterocycles. The molecule has 0 saturated carbocycles. The summed E-state index contributed by atoms with van der Waals surface area (Å²) in [4.78, 5) is 15.2. The quantitative estimate of drug-likeness (QED) is 0.787. The molecule has 0 aliphatic carbocycles. The first-order valence-corrected chi connectivity index (χ1v) is 6.23. The molecule has 20 heavy (non-hydrogen) atoms. The zero-order valence-electron chi connectivity index (χ0n) is 11.3. The van der Waals surface area contributed by atoms with Crippen LogP contribution in [0.15, 0.2) is 6.07 Å². The number of rotatable bonds is 6. The minimum absolute atomic E-state index is 0.00367. The number of unbranched alkanes of at least 4 members (excludes halogenated alkanes) is 1. The van der Waals surface area contributed by atoms with E-state index < -0.39 is 18.6 Å². The van der Waals surface area contributed by atoms with Crippen LogP contribution in [0.5, 0.6) is 0 Å². The maximum Gasteiger partial charge on any atom is 0.389 e. The number of halogens is 3. The zero-order chi connectivity index (χ0) is 15.3. The highest BCUT2D eigenvalue weighted by Crippen LogP contribution is 2.22. The molecule has 0 fully saturated rings. The number of hydrogen-bond acceptors (Lipinski definition) is 3. The monoisotopic (exact) mass is 290 g/mol. The molecule has 0 unspecified atom stereocenters. The van der Waals surface area contributed by atoms with Crippen LogP contribution in [0.1, 0.15) is 40.9 Å². The van der Waals surface area contributed by atoms with E-state index in [1.807, 2.05) is 0 Å². The van der Waals surface area contributed by atoms with Gasteiger partial charge in [0.05, 0.1) is 0 Å². The number of carbonyl (C=O) groups is 1. The number of carboxylic acids is 1. The van der Waals surface area contributed by atoms with Crippen LogP contribution < -0.4 is 5.32 Å². The Kier molecular flexibility index (Phi) is 5.35. The van der Waals surface area contributed by atoms with E-state index in [1.54, 1.807) is 19.9 Å². The van der Waals surface area contributed by atoms with Crippen molar-refractivity contribution >= 4 is 11.8 Å². The molecule has 0 atom stereocenters. The van der Waals surface area contributed by atoms with Gasteiger partial charge in [-0.05, 0) is 38.3 Å². The van der Waals surface area contributed by atoms with Crippen molar-refractivity contribution in [3.63, 3.8) is 0 Å². The van der Waals surface area contributed by atoms with Gasteiger partial charge in [0.2, 0.25) is 0 Å². The van der Waals surface area contributed by atoms with Crippen LogP contribution in [0, 0.1) is 13.8 Å². The summed E-state index contributed by atoms with van der Waals surface area (Å²) in [5.74, 6) is -0.894. The third-order valence-electron chi connectivity index (χ3n) is 2.74. The first-order valence-electron chi connectivity index (χ1n) is 6.23. The van der Waals surface area contributed by atoms with Gasteiger partial charge in [-0.1, -0.05) is 0 Å². The fourth-order valence-corrected chi connectivity index (χ4v) is 1.89. The third kappa shape index (κ3) is 5.07. The summed E-state index contributed by atoms with van der Waals surface area (Å²) in [5.41, 5.74) is 1.29. The number of aryl methyl sites for hydroxylation is 2. The number of alkyl halides is 3. The van der Waals surface area contributed by atoms with Crippen LogP contribution in [0.25, 0.3) is 0 Å². The van der Waals surface area contributed by atoms with E-state index in [1.165, 1.54) is 0 Å². The molecule has 2 N–H and O–H groups in total. The first kappa shape index (κ1) is 16.3. The molecule has 0 saturated heterocycles. The number of pyridine rings is 1. The Morgan fingerprint density at radius 2 is 2.00 bits per heavy atom.